The van der Waals surface area contributed by atoms with Crippen molar-refractivity contribution in [3.8, 4) is 5.75 Å². The lowest BCUT2D eigenvalue weighted by Crippen LogP contribution is -2.54. The fraction of sp³-hybridized carbons (Fsp3) is 0.467. The van der Waals surface area contributed by atoms with E-state index in [1.54, 1.807) is 19.1 Å². The molecule has 5 nitrogen and oxygen atoms in total. The SMILES string of the molecule is CC1=NN(C(=O)c2ccccc2O)C(O)(C(C)(C)C)C1. The number of rotatable bonds is 1. The van der Waals surface area contributed by atoms with Crippen LogP contribution in [0, 0.1) is 5.41 Å². The number of benzene rings is 1. The highest BCUT2D eigenvalue weighted by molar-refractivity contribution is 5.99. The zero-order chi connectivity index (χ0) is 15.1. The first kappa shape index (κ1) is 14.5. The van der Waals surface area contributed by atoms with E-state index in [2.05, 4.69) is 5.10 Å². The zero-order valence-corrected chi connectivity index (χ0v) is 12.2. The molecule has 1 atom stereocenters. The van der Waals surface area contributed by atoms with Gasteiger partial charge in [-0.05, 0) is 19.1 Å². The molecule has 0 aromatic heterocycles. The predicted molar refractivity (Wildman–Crippen MR) is 76.4 cm³/mol. The van der Waals surface area contributed by atoms with Gasteiger partial charge in [-0.1, -0.05) is 32.9 Å². The van der Waals surface area contributed by atoms with E-state index in [9.17, 15) is 15.0 Å². The number of hydrogen-bond donors (Lipinski definition) is 2. The second-order valence-electron chi connectivity index (χ2n) is 6.21. The minimum absolute atomic E-state index is 0.117. The highest BCUT2D eigenvalue weighted by Crippen LogP contribution is 2.41. The molecule has 1 aliphatic rings. The monoisotopic (exact) mass is 276 g/mol. The predicted octanol–water partition coefficient (Wildman–Crippen LogP) is 2.35. The summed E-state index contributed by atoms with van der Waals surface area (Å²) in [5, 5.41) is 26.0. The average molecular weight is 276 g/mol. The van der Waals surface area contributed by atoms with Gasteiger partial charge in [-0.3, -0.25) is 4.79 Å². The first-order valence-corrected chi connectivity index (χ1v) is 6.56. The largest absolute Gasteiger partial charge is 0.507 e. The lowest BCUT2D eigenvalue weighted by Gasteiger charge is -2.41. The van der Waals surface area contributed by atoms with Crippen molar-refractivity contribution in [1.82, 2.24) is 5.01 Å². The Kier molecular flexibility index (Phi) is 3.34. The second kappa shape index (κ2) is 4.59. The van der Waals surface area contributed by atoms with Gasteiger partial charge in [0.1, 0.15) is 5.75 Å². The average Bonchev–Trinajstić information content (AvgIpc) is 2.65. The van der Waals surface area contributed by atoms with Crippen molar-refractivity contribution in [2.45, 2.75) is 39.8 Å². The molecule has 0 radical (unpaired) electrons. The Morgan fingerprint density at radius 1 is 1.35 bits per heavy atom. The van der Waals surface area contributed by atoms with Gasteiger partial charge < -0.3 is 10.2 Å². The Morgan fingerprint density at radius 3 is 2.50 bits per heavy atom. The van der Waals surface area contributed by atoms with Crippen LogP contribution in [0.25, 0.3) is 0 Å². The van der Waals surface area contributed by atoms with Crippen molar-refractivity contribution >= 4 is 11.6 Å². The second-order valence-corrected chi connectivity index (χ2v) is 6.21. The molecule has 0 fully saturated rings. The summed E-state index contributed by atoms with van der Waals surface area (Å²) in [5.74, 6) is -0.620. The van der Waals surface area contributed by atoms with Gasteiger partial charge in [0.25, 0.3) is 5.91 Å². The maximum Gasteiger partial charge on any atom is 0.280 e. The molecule has 108 valence electrons. The topological polar surface area (TPSA) is 73.1 Å². The van der Waals surface area contributed by atoms with Gasteiger partial charge >= 0.3 is 0 Å². The number of amides is 1. The van der Waals surface area contributed by atoms with Gasteiger partial charge in [0.05, 0.1) is 5.56 Å². The maximum atomic E-state index is 12.6. The summed E-state index contributed by atoms with van der Waals surface area (Å²) in [5.41, 5.74) is -1.13. The third kappa shape index (κ3) is 2.18. The Hall–Kier alpha value is -1.88. The number of phenols is 1. The van der Waals surface area contributed by atoms with E-state index < -0.39 is 17.0 Å². The molecule has 1 aromatic carbocycles. The van der Waals surface area contributed by atoms with Gasteiger partial charge in [-0.2, -0.15) is 10.1 Å². The number of hydrogen-bond acceptors (Lipinski definition) is 4. The van der Waals surface area contributed by atoms with E-state index in [0.717, 1.165) is 5.01 Å². The Balaban J connectivity index is 2.45. The summed E-state index contributed by atoms with van der Waals surface area (Å²) in [7, 11) is 0. The molecule has 0 bridgehead atoms. The number of nitrogens with zero attached hydrogens (tertiary/aromatic N) is 2. The number of para-hydroxylation sites is 1. The van der Waals surface area contributed by atoms with Crippen molar-refractivity contribution in [3.05, 3.63) is 29.8 Å². The van der Waals surface area contributed by atoms with E-state index in [-0.39, 0.29) is 11.3 Å². The fourth-order valence-corrected chi connectivity index (χ4v) is 2.29. The van der Waals surface area contributed by atoms with Gasteiger partial charge in [-0.15, -0.1) is 0 Å². The van der Waals surface area contributed by atoms with Crippen molar-refractivity contribution in [3.63, 3.8) is 0 Å². The van der Waals surface area contributed by atoms with Crippen molar-refractivity contribution < 1.29 is 15.0 Å². The van der Waals surface area contributed by atoms with Crippen LogP contribution >= 0.6 is 0 Å². The molecular weight excluding hydrogens is 256 g/mol. The first-order valence-electron chi connectivity index (χ1n) is 6.56. The molecule has 0 aliphatic carbocycles. The van der Waals surface area contributed by atoms with Crippen LogP contribution in [0.5, 0.6) is 5.75 Å². The third-order valence-electron chi connectivity index (χ3n) is 3.65. The van der Waals surface area contributed by atoms with Gasteiger partial charge in [0.2, 0.25) is 0 Å². The molecule has 1 amide bonds. The molecule has 1 aromatic rings. The summed E-state index contributed by atoms with van der Waals surface area (Å²) in [6.07, 6.45) is 0.301. The van der Waals surface area contributed by atoms with E-state index >= 15 is 0 Å². The Labute approximate surface area is 118 Å². The normalized spacial score (nSPS) is 22.9. The van der Waals surface area contributed by atoms with E-state index in [0.29, 0.717) is 12.1 Å². The fourth-order valence-electron chi connectivity index (χ4n) is 2.29. The van der Waals surface area contributed by atoms with Crippen LogP contribution in [-0.4, -0.2) is 32.6 Å². The zero-order valence-electron chi connectivity index (χ0n) is 12.2. The van der Waals surface area contributed by atoms with Crippen LogP contribution in [0.4, 0.5) is 0 Å². The number of hydrazone groups is 1. The molecular formula is C15H20N2O3. The van der Waals surface area contributed by atoms with Crippen LogP contribution in [0.3, 0.4) is 0 Å². The van der Waals surface area contributed by atoms with E-state index in [4.69, 9.17) is 0 Å². The molecule has 2 N–H and O–H groups in total. The number of phenolic OH excluding ortho intramolecular Hbond substituents is 1. The molecule has 0 saturated carbocycles. The highest BCUT2D eigenvalue weighted by atomic mass is 16.3. The van der Waals surface area contributed by atoms with Crippen molar-refractivity contribution in [1.29, 1.82) is 0 Å². The quantitative estimate of drug-likeness (QED) is 0.827. The maximum absolute atomic E-state index is 12.6. The molecule has 1 heterocycles. The van der Waals surface area contributed by atoms with E-state index in [1.165, 1.54) is 12.1 Å². The lowest BCUT2D eigenvalue weighted by molar-refractivity contribution is -0.143. The van der Waals surface area contributed by atoms with Crippen LogP contribution in [0.15, 0.2) is 29.4 Å². The summed E-state index contributed by atoms with van der Waals surface area (Å²) in [4.78, 5) is 12.6. The third-order valence-corrected chi connectivity index (χ3v) is 3.65. The van der Waals surface area contributed by atoms with Gasteiger partial charge in [0, 0.05) is 17.5 Å². The summed E-state index contributed by atoms with van der Waals surface area (Å²) in [6, 6.07) is 6.26. The Morgan fingerprint density at radius 2 is 1.95 bits per heavy atom. The minimum atomic E-state index is -1.39. The molecule has 1 unspecified atom stereocenters. The molecule has 0 saturated heterocycles. The number of carbonyl (C=O) groups is 1. The first-order chi connectivity index (χ1) is 9.17. The summed E-state index contributed by atoms with van der Waals surface area (Å²) < 4.78 is 0. The summed E-state index contributed by atoms with van der Waals surface area (Å²) >= 11 is 0. The molecule has 1 aliphatic heterocycles. The van der Waals surface area contributed by atoms with Crippen molar-refractivity contribution in [2.24, 2.45) is 10.5 Å². The molecule has 20 heavy (non-hydrogen) atoms. The van der Waals surface area contributed by atoms with Gasteiger partial charge in [0.15, 0.2) is 5.72 Å². The standard InChI is InChI=1S/C15H20N2O3/c1-10-9-15(20,14(2,3)4)17(16-10)13(19)11-7-5-6-8-12(11)18/h5-8,18,20H,9H2,1-4H3. The van der Waals surface area contributed by atoms with Crippen LogP contribution < -0.4 is 0 Å². The lowest BCUT2D eigenvalue weighted by atomic mass is 9.80. The van der Waals surface area contributed by atoms with Gasteiger partial charge in [-0.25, -0.2) is 0 Å². The van der Waals surface area contributed by atoms with Crippen LogP contribution in [0.1, 0.15) is 44.5 Å². The highest BCUT2D eigenvalue weighted by Gasteiger charge is 2.52. The van der Waals surface area contributed by atoms with Crippen molar-refractivity contribution in [2.75, 3.05) is 0 Å². The minimum Gasteiger partial charge on any atom is -0.507 e. The molecule has 5 heteroatoms. The Bertz CT molecular complexity index is 575. The van der Waals surface area contributed by atoms with Crippen LogP contribution in [0.2, 0.25) is 0 Å². The van der Waals surface area contributed by atoms with E-state index in [1.807, 2.05) is 20.8 Å². The smallest absolute Gasteiger partial charge is 0.280 e. The molecule has 2 rings (SSSR count). The number of carbonyl (C=O) groups excluding carboxylic acids is 1. The number of aromatic hydroxyl groups is 1. The van der Waals surface area contributed by atoms with Crippen LogP contribution in [-0.2, 0) is 0 Å². The number of aliphatic hydroxyl groups is 1. The molecule has 0 spiro atoms. The summed E-state index contributed by atoms with van der Waals surface area (Å²) in [6.45, 7) is 7.33.